The Balaban J connectivity index is 2.76. The van der Waals surface area contributed by atoms with Crippen molar-refractivity contribution >= 4 is 11.9 Å². The second-order valence-electron chi connectivity index (χ2n) is 3.44. The summed E-state index contributed by atoms with van der Waals surface area (Å²) in [5.74, 6) is -12.0. The second-order valence-corrected chi connectivity index (χ2v) is 3.44. The van der Waals surface area contributed by atoms with E-state index in [2.05, 4.69) is 4.74 Å². The van der Waals surface area contributed by atoms with Crippen molar-refractivity contribution in [3.8, 4) is 0 Å². The molecule has 110 valence electrons. The minimum atomic E-state index is -6.01. The third-order valence-electron chi connectivity index (χ3n) is 1.97. The van der Waals surface area contributed by atoms with Crippen LogP contribution in [0.15, 0.2) is 0 Å². The highest BCUT2D eigenvalue weighted by Gasteiger charge is 2.60. The van der Waals surface area contributed by atoms with Gasteiger partial charge in [0.1, 0.15) is 6.61 Å². The summed E-state index contributed by atoms with van der Waals surface area (Å²) in [6.07, 6.45) is -8.93. The van der Waals surface area contributed by atoms with Gasteiger partial charge in [-0.05, 0) is 0 Å². The second kappa shape index (κ2) is 4.51. The lowest BCUT2D eigenvalue weighted by molar-refractivity contribution is -0.306. The van der Waals surface area contributed by atoms with Crippen molar-refractivity contribution in [2.75, 3.05) is 6.61 Å². The molecule has 0 spiro atoms. The highest BCUT2D eigenvalue weighted by atomic mass is 19.4. The number of rotatable bonds is 3. The Morgan fingerprint density at radius 1 is 1.16 bits per heavy atom. The number of carbonyl (C=O) groups is 2. The topological polar surface area (TPSA) is 67.4 Å². The lowest BCUT2D eigenvalue weighted by atomic mass is 10.2. The Labute approximate surface area is 99.6 Å². The van der Waals surface area contributed by atoms with Crippen LogP contribution in [0.25, 0.3) is 0 Å². The molecule has 0 aliphatic carbocycles. The van der Waals surface area contributed by atoms with E-state index in [1.165, 1.54) is 5.32 Å². The van der Waals surface area contributed by atoms with Crippen molar-refractivity contribution in [2.24, 2.45) is 0 Å². The number of amides is 3. The summed E-state index contributed by atoms with van der Waals surface area (Å²) in [4.78, 5) is 21.3. The first-order valence-electron chi connectivity index (χ1n) is 4.44. The molecule has 0 aromatic heterocycles. The van der Waals surface area contributed by atoms with Crippen LogP contribution in [0.1, 0.15) is 0 Å². The van der Waals surface area contributed by atoms with E-state index in [4.69, 9.17) is 0 Å². The van der Waals surface area contributed by atoms with E-state index < -0.39 is 42.8 Å². The summed E-state index contributed by atoms with van der Waals surface area (Å²) < 4.78 is 89.8. The summed E-state index contributed by atoms with van der Waals surface area (Å²) in [6, 6.07) is -1.50. The number of alkyl halides is 7. The van der Waals surface area contributed by atoms with Crippen LogP contribution in [-0.4, -0.2) is 42.8 Å². The van der Waals surface area contributed by atoms with Gasteiger partial charge in [0, 0.05) is 0 Å². The van der Waals surface area contributed by atoms with E-state index >= 15 is 0 Å². The lowest BCUT2D eigenvalue weighted by Crippen LogP contribution is -2.66. The largest absolute Gasteiger partial charge is 0.455 e. The van der Waals surface area contributed by atoms with Crippen LogP contribution in [-0.2, 0) is 9.53 Å². The van der Waals surface area contributed by atoms with Gasteiger partial charge in [0.05, 0.1) is 0 Å². The molecule has 1 unspecified atom stereocenters. The average Bonchev–Trinajstić information content (AvgIpc) is 2.20. The maximum Gasteiger partial charge on any atom is 0.455 e. The van der Waals surface area contributed by atoms with Gasteiger partial charge in [0.2, 0.25) is 6.23 Å². The average molecular weight is 298 g/mol. The highest BCUT2D eigenvalue weighted by molar-refractivity contribution is 6.01. The minimum absolute atomic E-state index is 1.10. The number of imide groups is 1. The van der Waals surface area contributed by atoms with E-state index in [0.717, 1.165) is 5.32 Å². The van der Waals surface area contributed by atoms with Gasteiger partial charge in [-0.25, -0.2) is 4.79 Å². The first-order chi connectivity index (χ1) is 8.38. The fourth-order valence-corrected chi connectivity index (χ4v) is 0.967. The Morgan fingerprint density at radius 2 is 1.68 bits per heavy atom. The predicted molar refractivity (Wildman–Crippen MR) is 42.4 cm³/mol. The molecule has 5 nitrogen and oxygen atoms in total. The molecule has 0 saturated carbocycles. The molecule has 1 heterocycles. The quantitative estimate of drug-likeness (QED) is 0.764. The summed E-state index contributed by atoms with van der Waals surface area (Å²) >= 11 is 0. The first-order valence-corrected chi connectivity index (χ1v) is 4.44. The van der Waals surface area contributed by atoms with Gasteiger partial charge >= 0.3 is 30.0 Å². The molecule has 12 heteroatoms. The molecule has 1 rings (SSSR count). The van der Waals surface area contributed by atoms with E-state index in [0.29, 0.717) is 0 Å². The molecule has 0 aromatic rings. The molecule has 1 aliphatic heterocycles. The molecule has 19 heavy (non-hydrogen) atoms. The van der Waals surface area contributed by atoms with Crippen molar-refractivity contribution in [1.29, 1.82) is 0 Å². The zero-order valence-electron chi connectivity index (χ0n) is 8.65. The van der Waals surface area contributed by atoms with Crippen molar-refractivity contribution in [3.63, 3.8) is 0 Å². The fraction of sp³-hybridized carbons (Fsp3) is 0.714. The SMILES string of the molecule is O=C1NC(=O)C(F)(F)C(OCC(F)(F)C(F)(F)F)N1. The molecule has 0 aromatic carbocycles. The molecule has 1 atom stereocenters. The van der Waals surface area contributed by atoms with Gasteiger partial charge in [-0.3, -0.25) is 10.1 Å². The molecule has 3 amide bonds. The number of carbonyl (C=O) groups excluding carboxylic acids is 2. The van der Waals surface area contributed by atoms with Crippen molar-refractivity contribution in [2.45, 2.75) is 24.2 Å². The third kappa shape index (κ3) is 3.05. The summed E-state index contributed by atoms with van der Waals surface area (Å²) in [5, 5.41) is 2.32. The van der Waals surface area contributed by atoms with Gasteiger partial charge in [-0.1, -0.05) is 0 Å². The standard InChI is InChI=1S/C7H5F7N2O3/c8-5(9,7(12,13)14)1-19-3-6(10,11)2(17)15-4(18)16-3/h3H,1H2,(H2,15,16,17,18). The molecule has 1 saturated heterocycles. The normalized spacial score (nSPS) is 23.8. The summed E-state index contributed by atoms with van der Waals surface area (Å²) in [5.41, 5.74) is 0. The zero-order valence-corrected chi connectivity index (χ0v) is 8.65. The van der Waals surface area contributed by atoms with Gasteiger partial charge in [0.15, 0.2) is 0 Å². The monoisotopic (exact) mass is 298 g/mol. The first kappa shape index (κ1) is 15.5. The third-order valence-corrected chi connectivity index (χ3v) is 1.97. The molecule has 2 N–H and O–H groups in total. The molecular weight excluding hydrogens is 293 g/mol. The number of ether oxygens (including phenoxy) is 1. The van der Waals surface area contributed by atoms with Crippen molar-refractivity contribution < 1.29 is 45.1 Å². The van der Waals surface area contributed by atoms with Crippen molar-refractivity contribution in [1.82, 2.24) is 10.6 Å². The fourth-order valence-electron chi connectivity index (χ4n) is 0.967. The number of hydrogen-bond donors (Lipinski definition) is 2. The minimum Gasteiger partial charge on any atom is -0.345 e. The van der Waals surface area contributed by atoms with Crippen molar-refractivity contribution in [3.05, 3.63) is 0 Å². The maximum absolute atomic E-state index is 13.0. The van der Waals surface area contributed by atoms with E-state index in [-0.39, 0.29) is 0 Å². The van der Waals surface area contributed by atoms with Crippen LogP contribution in [0, 0.1) is 0 Å². The summed E-state index contributed by atoms with van der Waals surface area (Å²) in [6.45, 7) is -2.47. The smallest absolute Gasteiger partial charge is 0.345 e. The highest BCUT2D eigenvalue weighted by Crippen LogP contribution is 2.36. The van der Waals surface area contributed by atoms with Crippen LogP contribution >= 0.6 is 0 Å². The maximum atomic E-state index is 13.0. The van der Waals surface area contributed by atoms with E-state index in [1.807, 2.05) is 0 Å². The van der Waals surface area contributed by atoms with Crippen LogP contribution < -0.4 is 10.6 Å². The van der Waals surface area contributed by atoms with Crippen LogP contribution in [0.2, 0.25) is 0 Å². The van der Waals surface area contributed by atoms with Crippen LogP contribution in [0.5, 0.6) is 0 Å². The molecule has 0 bridgehead atoms. The van der Waals surface area contributed by atoms with E-state index in [9.17, 15) is 40.3 Å². The molecular formula is C7H5F7N2O3. The van der Waals surface area contributed by atoms with Gasteiger partial charge in [0.25, 0.3) is 0 Å². The number of hydrogen-bond acceptors (Lipinski definition) is 3. The van der Waals surface area contributed by atoms with Crippen LogP contribution in [0.4, 0.5) is 35.5 Å². The number of halogens is 7. The van der Waals surface area contributed by atoms with Gasteiger partial charge in [-0.2, -0.15) is 30.7 Å². The molecule has 1 aliphatic rings. The Bertz CT molecular complexity index is 395. The number of urea groups is 1. The van der Waals surface area contributed by atoms with Crippen LogP contribution in [0.3, 0.4) is 0 Å². The Morgan fingerprint density at radius 3 is 2.16 bits per heavy atom. The number of nitrogens with one attached hydrogen (secondary N) is 2. The van der Waals surface area contributed by atoms with Gasteiger partial charge < -0.3 is 10.1 Å². The Kier molecular flexibility index (Phi) is 3.67. The zero-order chi connectivity index (χ0) is 15.1. The molecule has 1 fully saturated rings. The lowest BCUT2D eigenvalue weighted by Gasteiger charge is -2.31. The van der Waals surface area contributed by atoms with Gasteiger partial charge in [-0.15, -0.1) is 0 Å². The summed E-state index contributed by atoms with van der Waals surface area (Å²) in [7, 11) is 0. The molecule has 0 radical (unpaired) electrons. The Hall–Kier alpha value is -1.59. The predicted octanol–water partition coefficient (Wildman–Crippen LogP) is 1.00. The van der Waals surface area contributed by atoms with E-state index in [1.54, 1.807) is 0 Å².